The lowest BCUT2D eigenvalue weighted by Crippen LogP contribution is -2.35. The van der Waals surface area contributed by atoms with Crippen LogP contribution in [-0.4, -0.2) is 28.9 Å². The van der Waals surface area contributed by atoms with E-state index in [1.165, 1.54) is 0 Å². The van der Waals surface area contributed by atoms with Crippen LogP contribution in [0.1, 0.15) is 18.5 Å². The van der Waals surface area contributed by atoms with Crippen LogP contribution in [0.2, 0.25) is 0 Å². The molecule has 0 radical (unpaired) electrons. The molecule has 1 atom stereocenters. The average Bonchev–Trinajstić information content (AvgIpc) is 2.65. The highest BCUT2D eigenvalue weighted by molar-refractivity contribution is 6.18. The van der Waals surface area contributed by atoms with Gasteiger partial charge in [-0.05, 0) is 18.9 Å². The second-order valence-corrected chi connectivity index (χ2v) is 4.71. The standard InChI is InChI=1S/C11H17ClN2O/c1-14-5-3-10(13-14)7-11(8-12)4-2-6-15-9-11/h3,5H,2,4,6-9H2,1H3. The summed E-state index contributed by atoms with van der Waals surface area (Å²) in [6.45, 7) is 1.65. The third kappa shape index (κ3) is 2.52. The van der Waals surface area contributed by atoms with Crippen LogP contribution < -0.4 is 0 Å². The Bertz CT molecular complexity index is 318. The minimum Gasteiger partial charge on any atom is -0.381 e. The number of hydrogen-bond acceptors (Lipinski definition) is 2. The molecule has 0 aliphatic carbocycles. The Balaban J connectivity index is 2.06. The quantitative estimate of drug-likeness (QED) is 0.740. The van der Waals surface area contributed by atoms with Crippen LogP contribution in [0.5, 0.6) is 0 Å². The summed E-state index contributed by atoms with van der Waals surface area (Å²) >= 11 is 6.08. The van der Waals surface area contributed by atoms with Gasteiger partial charge in [0, 0.05) is 37.6 Å². The highest BCUT2D eigenvalue weighted by atomic mass is 35.5. The van der Waals surface area contributed by atoms with Gasteiger partial charge in [0.15, 0.2) is 0 Å². The fraction of sp³-hybridized carbons (Fsp3) is 0.727. The molecule has 1 saturated heterocycles. The Morgan fingerprint density at radius 2 is 2.53 bits per heavy atom. The predicted molar refractivity (Wildman–Crippen MR) is 60.1 cm³/mol. The summed E-state index contributed by atoms with van der Waals surface area (Å²) in [5.41, 5.74) is 1.22. The van der Waals surface area contributed by atoms with Crippen molar-refractivity contribution in [1.29, 1.82) is 0 Å². The normalized spacial score (nSPS) is 26.8. The molecule has 0 bridgehead atoms. The third-order valence-corrected chi connectivity index (χ3v) is 3.58. The zero-order valence-electron chi connectivity index (χ0n) is 9.08. The number of alkyl halides is 1. The molecule has 1 aromatic rings. The van der Waals surface area contributed by atoms with Crippen molar-refractivity contribution in [1.82, 2.24) is 9.78 Å². The molecule has 15 heavy (non-hydrogen) atoms. The molecule has 0 N–H and O–H groups in total. The third-order valence-electron chi connectivity index (χ3n) is 3.01. The van der Waals surface area contributed by atoms with Gasteiger partial charge in [0.2, 0.25) is 0 Å². The smallest absolute Gasteiger partial charge is 0.0631 e. The Labute approximate surface area is 95.4 Å². The average molecular weight is 229 g/mol. The van der Waals surface area contributed by atoms with E-state index in [0.29, 0.717) is 5.88 Å². The molecule has 2 rings (SSSR count). The van der Waals surface area contributed by atoms with Crippen LogP contribution in [0.25, 0.3) is 0 Å². The van der Waals surface area contributed by atoms with Crippen molar-refractivity contribution in [3.8, 4) is 0 Å². The zero-order valence-corrected chi connectivity index (χ0v) is 9.83. The molecule has 1 aliphatic heterocycles. The Morgan fingerprint density at radius 3 is 3.07 bits per heavy atom. The van der Waals surface area contributed by atoms with Gasteiger partial charge >= 0.3 is 0 Å². The highest BCUT2D eigenvalue weighted by Crippen LogP contribution is 2.33. The maximum Gasteiger partial charge on any atom is 0.0631 e. The van der Waals surface area contributed by atoms with E-state index < -0.39 is 0 Å². The Hall–Kier alpha value is -0.540. The molecule has 2 heterocycles. The van der Waals surface area contributed by atoms with Crippen molar-refractivity contribution in [2.24, 2.45) is 12.5 Å². The SMILES string of the molecule is Cn1ccc(CC2(CCl)CCCOC2)n1. The molecular formula is C11H17ClN2O. The number of aryl methyl sites for hydroxylation is 1. The van der Waals surface area contributed by atoms with E-state index >= 15 is 0 Å². The van der Waals surface area contributed by atoms with Crippen LogP contribution in [0.4, 0.5) is 0 Å². The molecule has 0 amide bonds. The van der Waals surface area contributed by atoms with Crippen LogP contribution in [-0.2, 0) is 18.2 Å². The molecular weight excluding hydrogens is 212 g/mol. The lowest BCUT2D eigenvalue weighted by atomic mass is 9.80. The molecule has 0 saturated carbocycles. The molecule has 1 fully saturated rings. The fourth-order valence-corrected chi connectivity index (χ4v) is 2.45. The van der Waals surface area contributed by atoms with E-state index in [9.17, 15) is 0 Å². The maximum atomic E-state index is 6.08. The zero-order chi connectivity index (χ0) is 10.7. The lowest BCUT2D eigenvalue weighted by Gasteiger charge is -2.34. The molecule has 84 valence electrons. The molecule has 3 nitrogen and oxygen atoms in total. The molecule has 1 unspecified atom stereocenters. The molecule has 0 spiro atoms. The summed E-state index contributed by atoms with van der Waals surface area (Å²) in [6, 6.07) is 2.06. The largest absolute Gasteiger partial charge is 0.381 e. The van der Waals surface area contributed by atoms with Gasteiger partial charge in [0.25, 0.3) is 0 Å². The van der Waals surface area contributed by atoms with E-state index in [1.54, 1.807) is 0 Å². The van der Waals surface area contributed by atoms with Gasteiger partial charge in [-0.3, -0.25) is 4.68 Å². The second kappa shape index (κ2) is 4.54. The van der Waals surface area contributed by atoms with Crippen molar-refractivity contribution in [2.45, 2.75) is 19.3 Å². The summed E-state index contributed by atoms with van der Waals surface area (Å²) < 4.78 is 7.37. The van der Waals surface area contributed by atoms with E-state index in [-0.39, 0.29) is 5.41 Å². The van der Waals surface area contributed by atoms with Gasteiger partial charge in [-0.15, -0.1) is 11.6 Å². The first kappa shape index (κ1) is 11.0. The second-order valence-electron chi connectivity index (χ2n) is 4.45. The van der Waals surface area contributed by atoms with Gasteiger partial charge in [0.05, 0.1) is 12.3 Å². The summed E-state index contributed by atoms with van der Waals surface area (Å²) in [5, 5.41) is 4.40. The van der Waals surface area contributed by atoms with Crippen molar-refractivity contribution < 1.29 is 4.74 Å². The van der Waals surface area contributed by atoms with E-state index in [2.05, 4.69) is 11.2 Å². The molecule has 1 aromatic heterocycles. The number of nitrogens with zero attached hydrogens (tertiary/aromatic N) is 2. The van der Waals surface area contributed by atoms with Gasteiger partial charge < -0.3 is 4.74 Å². The van der Waals surface area contributed by atoms with Gasteiger partial charge in [-0.25, -0.2) is 0 Å². The maximum absolute atomic E-state index is 6.08. The first-order valence-corrected chi connectivity index (χ1v) is 5.90. The van der Waals surface area contributed by atoms with E-state index in [1.807, 2.05) is 17.9 Å². The Kier molecular flexibility index (Phi) is 3.32. The van der Waals surface area contributed by atoms with E-state index in [4.69, 9.17) is 16.3 Å². The molecule has 1 aliphatic rings. The van der Waals surface area contributed by atoms with Gasteiger partial charge in [-0.2, -0.15) is 5.10 Å². The summed E-state index contributed by atoms with van der Waals surface area (Å²) in [5.74, 6) is 0.656. The predicted octanol–water partition coefficient (Wildman–Crippen LogP) is 2.00. The monoisotopic (exact) mass is 228 g/mol. The summed E-state index contributed by atoms with van der Waals surface area (Å²) in [7, 11) is 1.94. The lowest BCUT2D eigenvalue weighted by molar-refractivity contribution is 0.00425. The summed E-state index contributed by atoms with van der Waals surface area (Å²) in [4.78, 5) is 0. The number of hydrogen-bond donors (Lipinski definition) is 0. The minimum absolute atomic E-state index is 0.105. The number of ether oxygens (including phenoxy) is 1. The van der Waals surface area contributed by atoms with Crippen LogP contribution in [0, 0.1) is 5.41 Å². The molecule has 4 heteroatoms. The minimum atomic E-state index is 0.105. The Morgan fingerprint density at radius 1 is 1.67 bits per heavy atom. The number of rotatable bonds is 3. The van der Waals surface area contributed by atoms with E-state index in [0.717, 1.165) is 38.2 Å². The summed E-state index contributed by atoms with van der Waals surface area (Å²) in [6.07, 6.45) is 5.16. The van der Waals surface area contributed by atoms with Crippen molar-refractivity contribution in [3.63, 3.8) is 0 Å². The topological polar surface area (TPSA) is 27.1 Å². The van der Waals surface area contributed by atoms with Crippen molar-refractivity contribution in [2.75, 3.05) is 19.1 Å². The van der Waals surface area contributed by atoms with Crippen molar-refractivity contribution in [3.05, 3.63) is 18.0 Å². The van der Waals surface area contributed by atoms with Crippen LogP contribution >= 0.6 is 11.6 Å². The number of aromatic nitrogens is 2. The van der Waals surface area contributed by atoms with Gasteiger partial charge in [0.1, 0.15) is 0 Å². The first-order chi connectivity index (χ1) is 7.24. The van der Waals surface area contributed by atoms with Crippen LogP contribution in [0.3, 0.4) is 0 Å². The van der Waals surface area contributed by atoms with Crippen molar-refractivity contribution >= 4 is 11.6 Å². The number of halogens is 1. The first-order valence-electron chi connectivity index (χ1n) is 5.36. The highest BCUT2D eigenvalue weighted by Gasteiger charge is 2.32. The van der Waals surface area contributed by atoms with Crippen LogP contribution in [0.15, 0.2) is 12.3 Å². The fourth-order valence-electron chi connectivity index (χ4n) is 2.14. The van der Waals surface area contributed by atoms with Gasteiger partial charge in [-0.1, -0.05) is 0 Å². The molecule has 0 aromatic carbocycles.